The van der Waals surface area contributed by atoms with E-state index in [1.165, 1.54) is 0 Å². The molecule has 4 heteroatoms. The molecule has 0 aliphatic rings. The fourth-order valence-electron chi connectivity index (χ4n) is 1.06. The Hall–Kier alpha value is -0.610. The monoisotopic (exact) mass is 202 g/mol. The summed E-state index contributed by atoms with van der Waals surface area (Å²) >= 11 is 0. The quantitative estimate of drug-likeness (QED) is 0.591. The van der Waals surface area contributed by atoms with Gasteiger partial charge in [-0.05, 0) is 12.3 Å². The highest BCUT2D eigenvalue weighted by Gasteiger charge is 2.18. The maximum absolute atomic E-state index is 11.4. The number of nitrogens with one attached hydrogen (secondary N) is 1. The van der Waals surface area contributed by atoms with Crippen LogP contribution in [0, 0.1) is 5.92 Å². The first-order valence-corrected chi connectivity index (χ1v) is 5.15. The number of amides is 1. The lowest BCUT2D eigenvalue weighted by molar-refractivity contribution is -0.123. The molecule has 0 radical (unpaired) electrons. The zero-order valence-corrected chi connectivity index (χ0v) is 9.38. The summed E-state index contributed by atoms with van der Waals surface area (Å²) in [4.78, 5) is 11.4. The Balaban J connectivity index is 3.62. The van der Waals surface area contributed by atoms with E-state index in [0.717, 1.165) is 12.8 Å². The van der Waals surface area contributed by atoms with E-state index in [0.29, 0.717) is 13.2 Å². The highest BCUT2D eigenvalue weighted by atomic mass is 16.5. The lowest BCUT2D eigenvalue weighted by Gasteiger charge is -2.17. The number of methoxy groups -OCH3 is 1. The molecule has 0 aliphatic heterocycles. The average Bonchev–Trinajstić information content (AvgIpc) is 2.21. The Labute approximate surface area is 86.2 Å². The first-order chi connectivity index (χ1) is 6.63. The topological polar surface area (TPSA) is 64.4 Å². The van der Waals surface area contributed by atoms with Crippen LogP contribution in [0.15, 0.2) is 0 Å². The molecule has 3 N–H and O–H groups in total. The first-order valence-electron chi connectivity index (χ1n) is 5.15. The summed E-state index contributed by atoms with van der Waals surface area (Å²) < 4.78 is 4.87. The third-order valence-corrected chi connectivity index (χ3v) is 2.38. The van der Waals surface area contributed by atoms with Gasteiger partial charge in [0.15, 0.2) is 0 Å². The Kier molecular flexibility index (Phi) is 7.42. The van der Waals surface area contributed by atoms with E-state index >= 15 is 0 Å². The van der Waals surface area contributed by atoms with Crippen LogP contribution >= 0.6 is 0 Å². The normalized spacial score (nSPS) is 14.9. The Morgan fingerprint density at radius 1 is 1.57 bits per heavy atom. The van der Waals surface area contributed by atoms with E-state index in [1.54, 1.807) is 7.11 Å². The molecule has 1 unspecified atom stereocenters. The molecule has 0 spiro atoms. The number of carbonyl (C=O) groups is 1. The maximum Gasteiger partial charge on any atom is 0.237 e. The van der Waals surface area contributed by atoms with Gasteiger partial charge in [-0.3, -0.25) is 4.79 Å². The van der Waals surface area contributed by atoms with Gasteiger partial charge in [0.2, 0.25) is 5.91 Å². The van der Waals surface area contributed by atoms with Crippen molar-refractivity contribution in [1.29, 1.82) is 0 Å². The van der Waals surface area contributed by atoms with E-state index in [9.17, 15) is 4.79 Å². The third kappa shape index (κ3) is 5.19. The standard InChI is InChI=1S/C10H22N2O2/c1-4-8(2)9(11)10(13)12-6-5-7-14-3/h8-9H,4-7,11H2,1-3H3,(H,12,13)/t8?,9-/m0/s1. The zero-order chi connectivity index (χ0) is 11.0. The van der Waals surface area contributed by atoms with Gasteiger partial charge in [0, 0.05) is 20.3 Å². The molecule has 0 heterocycles. The molecule has 0 aliphatic carbocycles. The van der Waals surface area contributed by atoms with E-state index in [-0.39, 0.29) is 17.9 Å². The van der Waals surface area contributed by atoms with Gasteiger partial charge < -0.3 is 15.8 Å². The Morgan fingerprint density at radius 2 is 2.21 bits per heavy atom. The van der Waals surface area contributed by atoms with Crippen LogP contribution in [0.2, 0.25) is 0 Å². The van der Waals surface area contributed by atoms with Crippen molar-refractivity contribution in [2.75, 3.05) is 20.3 Å². The van der Waals surface area contributed by atoms with Crippen LogP contribution in [0.1, 0.15) is 26.7 Å². The van der Waals surface area contributed by atoms with Crippen LogP contribution in [-0.2, 0) is 9.53 Å². The van der Waals surface area contributed by atoms with Gasteiger partial charge in [-0.1, -0.05) is 20.3 Å². The number of hydrogen-bond acceptors (Lipinski definition) is 3. The smallest absolute Gasteiger partial charge is 0.237 e. The molecular weight excluding hydrogens is 180 g/mol. The lowest BCUT2D eigenvalue weighted by Crippen LogP contribution is -2.44. The first kappa shape index (κ1) is 13.4. The van der Waals surface area contributed by atoms with Crippen molar-refractivity contribution in [1.82, 2.24) is 5.32 Å². The fraction of sp³-hybridized carbons (Fsp3) is 0.900. The molecule has 0 aromatic heterocycles. The highest BCUT2D eigenvalue weighted by Crippen LogP contribution is 2.04. The van der Waals surface area contributed by atoms with Gasteiger partial charge in [-0.15, -0.1) is 0 Å². The fourth-order valence-corrected chi connectivity index (χ4v) is 1.06. The summed E-state index contributed by atoms with van der Waals surface area (Å²) in [5.74, 6) is 0.174. The number of rotatable bonds is 7. The Bertz CT molecular complexity index is 162. The molecule has 0 bridgehead atoms. The van der Waals surface area contributed by atoms with E-state index in [1.807, 2.05) is 13.8 Å². The summed E-state index contributed by atoms with van der Waals surface area (Å²) in [7, 11) is 1.65. The molecule has 0 saturated carbocycles. The summed E-state index contributed by atoms with van der Waals surface area (Å²) in [6.45, 7) is 5.32. The van der Waals surface area contributed by atoms with Crippen LogP contribution in [0.25, 0.3) is 0 Å². The second-order valence-electron chi connectivity index (χ2n) is 3.55. The molecule has 14 heavy (non-hydrogen) atoms. The molecule has 0 fully saturated rings. The Morgan fingerprint density at radius 3 is 2.71 bits per heavy atom. The van der Waals surface area contributed by atoms with Crippen LogP contribution in [0.5, 0.6) is 0 Å². The molecular formula is C10H22N2O2. The van der Waals surface area contributed by atoms with Crippen LogP contribution in [0.4, 0.5) is 0 Å². The SMILES string of the molecule is CCC(C)[C@H](N)C(=O)NCCCOC. The van der Waals surface area contributed by atoms with Gasteiger partial charge in [-0.2, -0.15) is 0 Å². The second-order valence-corrected chi connectivity index (χ2v) is 3.55. The van der Waals surface area contributed by atoms with Crippen molar-refractivity contribution < 1.29 is 9.53 Å². The molecule has 84 valence electrons. The molecule has 0 rings (SSSR count). The van der Waals surface area contributed by atoms with Gasteiger partial charge in [0.05, 0.1) is 6.04 Å². The predicted molar refractivity (Wildman–Crippen MR) is 56.9 cm³/mol. The van der Waals surface area contributed by atoms with Crippen molar-refractivity contribution in [3.8, 4) is 0 Å². The number of nitrogens with two attached hydrogens (primary N) is 1. The van der Waals surface area contributed by atoms with Crippen molar-refractivity contribution in [3.63, 3.8) is 0 Å². The van der Waals surface area contributed by atoms with Gasteiger partial charge in [0.25, 0.3) is 0 Å². The summed E-state index contributed by atoms with van der Waals surface area (Å²) in [5, 5.41) is 2.79. The largest absolute Gasteiger partial charge is 0.385 e. The predicted octanol–water partition coefficient (Wildman–Crippen LogP) is 0.513. The third-order valence-electron chi connectivity index (χ3n) is 2.38. The van der Waals surface area contributed by atoms with Gasteiger partial charge in [-0.25, -0.2) is 0 Å². The molecule has 0 aromatic carbocycles. The zero-order valence-electron chi connectivity index (χ0n) is 9.38. The van der Waals surface area contributed by atoms with Crippen molar-refractivity contribution >= 4 is 5.91 Å². The van der Waals surface area contributed by atoms with Gasteiger partial charge in [0.1, 0.15) is 0 Å². The lowest BCUT2D eigenvalue weighted by atomic mass is 9.99. The molecule has 2 atom stereocenters. The summed E-state index contributed by atoms with van der Waals surface area (Å²) in [6, 6.07) is -0.387. The maximum atomic E-state index is 11.4. The second kappa shape index (κ2) is 7.76. The minimum Gasteiger partial charge on any atom is -0.385 e. The minimum absolute atomic E-state index is 0.0598. The molecule has 0 aromatic rings. The number of carbonyl (C=O) groups excluding carboxylic acids is 1. The van der Waals surface area contributed by atoms with E-state index in [4.69, 9.17) is 10.5 Å². The van der Waals surface area contributed by atoms with E-state index in [2.05, 4.69) is 5.32 Å². The molecule has 0 saturated heterocycles. The minimum atomic E-state index is -0.387. The van der Waals surface area contributed by atoms with E-state index < -0.39 is 0 Å². The average molecular weight is 202 g/mol. The number of hydrogen-bond donors (Lipinski definition) is 2. The summed E-state index contributed by atoms with van der Waals surface area (Å²) in [5.41, 5.74) is 5.74. The van der Waals surface area contributed by atoms with Crippen LogP contribution in [0.3, 0.4) is 0 Å². The van der Waals surface area contributed by atoms with Crippen molar-refractivity contribution in [2.45, 2.75) is 32.7 Å². The van der Waals surface area contributed by atoms with Gasteiger partial charge >= 0.3 is 0 Å². The number of ether oxygens (including phenoxy) is 1. The van der Waals surface area contributed by atoms with Crippen LogP contribution in [-0.4, -0.2) is 32.2 Å². The highest BCUT2D eigenvalue weighted by molar-refractivity contribution is 5.81. The molecule has 4 nitrogen and oxygen atoms in total. The summed E-state index contributed by atoms with van der Waals surface area (Å²) in [6.07, 6.45) is 1.75. The molecule has 1 amide bonds. The van der Waals surface area contributed by atoms with Crippen LogP contribution < -0.4 is 11.1 Å². The van der Waals surface area contributed by atoms with Crippen molar-refractivity contribution in [3.05, 3.63) is 0 Å². The van der Waals surface area contributed by atoms with Crippen molar-refractivity contribution in [2.24, 2.45) is 11.7 Å².